The molecular formula is C8H6BrFN6OS. The van der Waals surface area contributed by atoms with Crippen LogP contribution in [0.5, 0.6) is 0 Å². The second-order valence-corrected chi connectivity index (χ2v) is 4.27. The van der Waals surface area contributed by atoms with Crippen LogP contribution in [0.15, 0.2) is 23.2 Å². The molecule has 3 N–H and O–H groups in total. The smallest absolute Gasteiger partial charge is 0.255 e. The molecule has 0 radical (unpaired) electrons. The van der Waals surface area contributed by atoms with Gasteiger partial charge in [-0.15, -0.1) is 8.98 Å². The van der Waals surface area contributed by atoms with Crippen LogP contribution in [0.25, 0.3) is 0 Å². The van der Waals surface area contributed by atoms with Gasteiger partial charge >= 0.3 is 0 Å². The number of nitrogens with two attached hydrogens (primary N) is 1. The minimum Gasteiger partial charge on any atom is -0.365 e. The molecule has 0 aliphatic rings. The van der Waals surface area contributed by atoms with Crippen LogP contribution in [-0.2, 0) is 0 Å². The number of rotatable bonds is 4. The topological polar surface area (TPSA) is 98.7 Å². The summed E-state index contributed by atoms with van der Waals surface area (Å²) in [6, 6.07) is 0. The van der Waals surface area contributed by atoms with Crippen molar-refractivity contribution in [1.29, 1.82) is 0 Å². The lowest BCUT2D eigenvalue weighted by molar-refractivity contribution is 0.100. The summed E-state index contributed by atoms with van der Waals surface area (Å²) in [6.07, 6.45) is 4.35. The minimum absolute atomic E-state index is 0.0332. The zero-order valence-corrected chi connectivity index (χ0v) is 11.1. The number of aromatic nitrogens is 4. The Hall–Kier alpha value is -1.68. The average Bonchev–Trinajstić information content (AvgIpc) is 2.67. The molecule has 0 spiro atoms. The summed E-state index contributed by atoms with van der Waals surface area (Å²) in [6.45, 7) is 0. The Morgan fingerprint density at radius 2 is 2.33 bits per heavy atom. The lowest BCUT2D eigenvalue weighted by atomic mass is 10.3. The maximum atomic E-state index is 12.7. The molecule has 10 heteroatoms. The van der Waals surface area contributed by atoms with Gasteiger partial charge in [0, 0.05) is 12.4 Å². The third-order valence-corrected chi connectivity index (χ3v) is 2.88. The first-order valence-corrected chi connectivity index (χ1v) is 6.00. The minimum atomic E-state index is -0.742. The van der Waals surface area contributed by atoms with Crippen molar-refractivity contribution in [2.75, 3.05) is 5.32 Å². The summed E-state index contributed by atoms with van der Waals surface area (Å²) in [5.74, 6) is -0.321. The van der Waals surface area contributed by atoms with E-state index < -0.39 is 5.91 Å². The van der Waals surface area contributed by atoms with E-state index in [1.165, 1.54) is 18.6 Å². The van der Waals surface area contributed by atoms with Gasteiger partial charge in [-0.1, -0.05) is 0 Å². The van der Waals surface area contributed by atoms with Crippen molar-refractivity contribution in [1.82, 2.24) is 19.2 Å². The fourth-order valence-corrected chi connectivity index (χ4v) is 2.20. The Morgan fingerprint density at radius 3 is 2.89 bits per heavy atom. The predicted molar refractivity (Wildman–Crippen MR) is 67.9 cm³/mol. The summed E-state index contributed by atoms with van der Waals surface area (Å²) >= 11 is 2.86. The van der Waals surface area contributed by atoms with E-state index in [4.69, 9.17) is 5.73 Å². The second kappa shape index (κ2) is 5.31. The standard InChI is InChI=1S/C8H6BrFN6OS/c9-6-5(7(11)17)8(16(15-6)18-10)14-4-3-12-1-2-13-4/h1-3H,(H2,11,17)(H,13,14). The molecule has 0 saturated heterocycles. The first-order valence-electron chi connectivity index (χ1n) is 4.54. The Kier molecular flexibility index (Phi) is 3.77. The van der Waals surface area contributed by atoms with Gasteiger partial charge in [0.05, 0.1) is 6.20 Å². The highest BCUT2D eigenvalue weighted by Gasteiger charge is 2.22. The van der Waals surface area contributed by atoms with E-state index >= 15 is 0 Å². The number of carbonyl (C=O) groups excluding carboxylic acids is 1. The van der Waals surface area contributed by atoms with Crippen LogP contribution in [0.1, 0.15) is 10.4 Å². The van der Waals surface area contributed by atoms with Crippen molar-refractivity contribution in [3.63, 3.8) is 0 Å². The first-order chi connectivity index (χ1) is 8.63. The van der Waals surface area contributed by atoms with Gasteiger partial charge in [-0.3, -0.25) is 9.78 Å². The molecular weight excluding hydrogens is 327 g/mol. The molecule has 1 amide bonds. The fraction of sp³-hybridized carbons (Fsp3) is 0. The van der Waals surface area contributed by atoms with Crippen LogP contribution in [0.2, 0.25) is 0 Å². The van der Waals surface area contributed by atoms with Crippen LogP contribution >= 0.6 is 28.3 Å². The zero-order chi connectivity index (χ0) is 13.1. The summed E-state index contributed by atoms with van der Waals surface area (Å²) in [7, 11) is 0. The Balaban J connectivity index is 2.45. The van der Waals surface area contributed by atoms with E-state index in [0.29, 0.717) is 5.82 Å². The molecule has 18 heavy (non-hydrogen) atoms. The van der Waals surface area contributed by atoms with Crippen LogP contribution in [0.3, 0.4) is 0 Å². The molecule has 94 valence electrons. The molecule has 0 aliphatic heterocycles. The van der Waals surface area contributed by atoms with Crippen LogP contribution < -0.4 is 11.1 Å². The highest BCUT2D eigenvalue weighted by atomic mass is 79.9. The summed E-state index contributed by atoms with van der Waals surface area (Å²) in [4.78, 5) is 19.1. The number of nitrogens with one attached hydrogen (secondary N) is 1. The first kappa shape index (κ1) is 12.8. The average molecular weight is 333 g/mol. The lowest BCUT2D eigenvalue weighted by Gasteiger charge is -2.05. The molecule has 2 heterocycles. The van der Waals surface area contributed by atoms with E-state index in [9.17, 15) is 8.68 Å². The van der Waals surface area contributed by atoms with Gasteiger partial charge in [0.15, 0.2) is 18.2 Å². The summed E-state index contributed by atoms with van der Waals surface area (Å²) in [5, 5.41) is 6.49. The lowest BCUT2D eigenvalue weighted by Crippen LogP contribution is -2.13. The van der Waals surface area contributed by atoms with Crippen molar-refractivity contribution in [3.8, 4) is 0 Å². The van der Waals surface area contributed by atoms with Crippen molar-refractivity contribution in [3.05, 3.63) is 28.8 Å². The van der Waals surface area contributed by atoms with Gasteiger partial charge in [0.2, 0.25) is 0 Å². The highest BCUT2D eigenvalue weighted by molar-refractivity contribution is 9.10. The van der Waals surface area contributed by atoms with Gasteiger partial charge in [-0.25, -0.2) is 4.98 Å². The number of carbonyl (C=O) groups is 1. The summed E-state index contributed by atoms with van der Waals surface area (Å²) in [5.41, 5.74) is 5.24. The molecule has 0 unspecified atom stereocenters. The van der Waals surface area contributed by atoms with Gasteiger partial charge in [-0.2, -0.15) is 4.09 Å². The van der Waals surface area contributed by atoms with Crippen LogP contribution in [0.4, 0.5) is 15.5 Å². The van der Waals surface area contributed by atoms with Crippen molar-refractivity contribution < 1.29 is 8.68 Å². The molecule has 0 saturated carbocycles. The molecule has 2 aromatic rings. The van der Waals surface area contributed by atoms with Crippen molar-refractivity contribution in [2.45, 2.75) is 0 Å². The largest absolute Gasteiger partial charge is 0.365 e. The van der Waals surface area contributed by atoms with Crippen LogP contribution in [0, 0.1) is 0 Å². The number of primary amides is 1. The molecule has 0 fully saturated rings. The Labute approximate surface area is 114 Å². The van der Waals surface area contributed by atoms with Gasteiger partial charge in [0.25, 0.3) is 5.91 Å². The molecule has 0 aliphatic carbocycles. The Bertz CT molecular complexity index is 576. The van der Waals surface area contributed by atoms with E-state index in [1.54, 1.807) is 0 Å². The quantitative estimate of drug-likeness (QED) is 0.883. The predicted octanol–water partition coefficient (Wildman–Crippen LogP) is 1.66. The normalized spacial score (nSPS) is 10.3. The number of amides is 1. The number of halogens is 2. The van der Waals surface area contributed by atoms with Crippen molar-refractivity contribution >= 4 is 45.8 Å². The van der Waals surface area contributed by atoms with Gasteiger partial charge in [0.1, 0.15) is 16.0 Å². The van der Waals surface area contributed by atoms with E-state index in [1.807, 2.05) is 0 Å². The number of anilines is 2. The van der Waals surface area contributed by atoms with Gasteiger partial charge < -0.3 is 11.1 Å². The SMILES string of the molecule is NC(=O)c1c(Br)nn(SF)c1Nc1cnccn1. The number of nitrogens with zero attached hydrogens (tertiary/aromatic N) is 4. The van der Waals surface area contributed by atoms with Gasteiger partial charge in [-0.05, 0) is 15.9 Å². The van der Waals surface area contributed by atoms with E-state index in [-0.39, 0.29) is 28.3 Å². The monoisotopic (exact) mass is 332 g/mol. The van der Waals surface area contributed by atoms with Crippen LogP contribution in [-0.4, -0.2) is 25.1 Å². The highest BCUT2D eigenvalue weighted by Crippen LogP contribution is 2.29. The molecule has 0 bridgehead atoms. The Morgan fingerprint density at radius 1 is 1.56 bits per heavy atom. The molecule has 2 aromatic heterocycles. The molecule has 7 nitrogen and oxygen atoms in total. The van der Waals surface area contributed by atoms with Crippen molar-refractivity contribution in [2.24, 2.45) is 5.73 Å². The molecule has 0 aromatic carbocycles. The maximum absolute atomic E-state index is 12.7. The van der Waals surface area contributed by atoms with E-state index in [0.717, 1.165) is 4.09 Å². The third kappa shape index (κ3) is 2.43. The maximum Gasteiger partial charge on any atom is 0.255 e. The molecule has 0 atom stereocenters. The van der Waals surface area contributed by atoms with E-state index in [2.05, 4.69) is 36.3 Å². The summed E-state index contributed by atoms with van der Waals surface area (Å²) < 4.78 is 13.7. The zero-order valence-electron chi connectivity index (χ0n) is 8.67. The third-order valence-electron chi connectivity index (χ3n) is 1.93. The number of hydrogen-bond donors (Lipinski definition) is 2. The molecule has 2 rings (SSSR count). The second-order valence-electron chi connectivity index (χ2n) is 3.04. The fourth-order valence-electron chi connectivity index (χ4n) is 1.24. The number of hydrogen-bond acceptors (Lipinski definition) is 6.